The number of hydrogen-bond donors (Lipinski definition) is 2. The van der Waals surface area contributed by atoms with E-state index in [9.17, 15) is 0 Å². The van der Waals surface area contributed by atoms with Crippen molar-refractivity contribution in [2.75, 3.05) is 19.4 Å². The summed E-state index contributed by atoms with van der Waals surface area (Å²) in [6.45, 7) is 6.02. The molecule has 3 heteroatoms. The first-order chi connectivity index (χ1) is 7.19. The maximum absolute atomic E-state index is 5.27. The molecule has 1 aromatic rings. The third kappa shape index (κ3) is 3.43. The first-order valence-corrected chi connectivity index (χ1v) is 5.78. The molecule has 0 aliphatic rings. The van der Waals surface area contributed by atoms with Gasteiger partial charge in [0.05, 0.1) is 7.11 Å². The molecule has 0 unspecified atom stereocenters. The SMILES string of the molecule is COc1cc(C)c(CNCCS)cc1C. The zero-order valence-electron chi connectivity index (χ0n) is 9.63. The van der Waals surface area contributed by atoms with Crippen molar-refractivity contribution in [3.8, 4) is 5.75 Å². The second-order valence-electron chi connectivity index (χ2n) is 3.65. The van der Waals surface area contributed by atoms with E-state index in [4.69, 9.17) is 4.74 Å². The van der Waals surface area contributed by atoms with Gasteiger partial charge in [0.25, 0.3) is 0 Å². The molecule has 0 aliphatic heterocycles. The summed E-state index contributed by atoms with van der Waals surface area (Å²) >= 11 is 4.16. The van der Waals surface area contributed by atoms with Crippen LogP contribution >= 0.6 is 12.6 Å². The number of methoxy groups -OCH3 is 1. The average molecular weight is 225 g/mol. The van der Waals surface area contributed by atoms with Gasteiger partial charge in [0.2, 0.25) is 0 Å². The van der Waals surface area contributed by atoms with Crippen LogP contribution in [0, 0.1) is 13.8 Å². The van der Waals surface area contributed by atoms with Gasteiger partial charge < -0.3 is 10.1 Å². The maximum atomic E-state index is 5.27. The van der Waals surface area contributed by atoms with Crippen molar-refractivity contribution in [2.24, 2.45) is 0 Å². The summed E-state index contributed by atoms with van der Waals surface area (Å²) in [4.78, 5) is 0. The molecule has 1 rings (SSSR count). The molecule has 2 nitrogen and oxygen atoms in total. The Hall–Kier alpha value is -0.670. The van der Waals surface area contributed by atoms with Crippen LogP contribution in [0.15, 0.2) is 12.1 Å². The van der Waals surface area contributed by atoms with Crippen LogP contribution in [-0.2, 0) is 6.54 Å². The second kappa shape index (κ2) is 6.03. The quantitative estimate of drug-likeness (QED) is 0.593. The maximum Gasteiger partial charge on any atom is 0.122 e. The number of rotatable bonds is 5. The van der Waals surface area contributed by atoms with Gasteiger partial charge in [-0.2, -0.15) is 12.6 Å². The standard InChI is InChI=1S/C12H19NOS/c1-9-7-12(14-3)10(2)6-11(9)8-13-4-5-15/h6-7,13,15H,4-5,8H2,1-3H3. The van der Waals surface area contributed by atoms with Gasteiger partial charge in [0, 0.05) is 18.8 Å². The zero-order chi connectivity index (χ0) is 11.3. The van der Waals surface area contributed by atoms with Crippen molar-refractivity contribution in [1.82, 2.24) is 5.32 Å². The van der Waals surface area contributed by atoms with Gasteiger partial charge in [-0.1, -0.05) is 6.07 Å². The molecule has 84 valence electrons. The van der Waals surface area contributed by atoms with Crippen LogP contribution in [0.4, 0.5) is 0 Å². The van der Waals surface area contributed by atoms with Gasteiger partial charge in [-0.05, 0) is 36.6 Å². The molecule has 0 aliphatic carbocycles. The van der Waals surface area contributed by atoms with Crippen LogP contribution in [0.3, 0.4) is 0 Å². The highest BCUT2D eigenvalue weighted by molar-refractivity contribution is 7.80. The summed E-state index contributed by atoms with van der Waals surface area (Å²) < 4.78 is 5.27. The van der Waals surface area contributed by atoms with Crippen molar-refractivity contribution in [3.05, 3.63) is 28.8 Å². The van der Waals surface area contributed by atoms with E-state index in [1.165, 1.54) is 16.7 Å². The van der Waals surface area contributed by atoms with Crippen LogP contribution < -0.4 is 10.1 Å². The summed E-state index contributed by atoms with van der Waals surface area (Å²) in [5.74, 6) is 1.83. The highest BCUT2D eigenvalue weighted by Crippen LogP contribution is 2.22. The minimum absolute atomic E-state index is 0.869. The largest absolute Gasteiger partial charge is 0.496 e. The number of benzene rings is 1. The van der Waals surface area contributed by atoms with Crippen molar-refractivity contribution in [2.45, 2.75) is 20.4 Å². The number of nitrogens with one attached hydrogen (secondary N) is 1. The third-order valence-electron chi connectivity index (χ3n) is 2.46. The van der Waals surface area contributed by atoms with Crippen LogP contribution in [0.25, 0.3) is 0 Å². The van der Waals surface area contributed by atoms with Crippen molar-refractivity contribution in [1.29, 1.82) is 0 Å². The van der Waals surface area contributed by atoms with Gasteiger partial charge in [0.15, 0.2) is 0 Å². The Labute approximate surface area is 97.4 Å². The van der Waals surface area contributed by atoms with E-state index in [0.29, 0.717) is 0 Å². The molecule has 1 aromatic carbocycles. The molecule has 0 amide bonds. The Balaban J connectivity index is 2.76. The number of hydrogen-bond acceptors (Lipinski definition) is 3. The Kier molecular flexibility index (Phi) is 4.99. The average Bonchev–Trinajstić information content (AvgIpc) is 2.23. The highest BCUT2D eigenvalue weighted by Gasteiger charge is 2.03. The summed E-state index contributed by atoms with van der Waals surface area (Å²) in [5, 5.41) is 3.34. The predicted octanol–water partition coefficient (Wildman–Crippen LogP) is 2.33. The van der Waals surface area contributed by atoms with E-state index in [1.807, 2.05) is 0 Å². The fourth-order valence-corrected chi connectivity index (χ4v) is 1.72. The van der Waals surface area contributed by atoms with Crippen molar-refractivity contribution < 1.29 is 4.74 Å². The second-order valence-corrected chi connectivity index (χ2v) is 4.10. The van der Waals surface area contributed by atoms with Crippen LogP contribution in [0.1, 0.15) is 16.7 Å². The zero-order valence-corrected chi connectivity index (χ0v) is 10.5. The van der Waals surface area contributed by atoms with E-state index in [-0.39, 0.29) is 0 Å². The van der Waals surface area contributed by atoms with Gasteiger partial charge >= 0.3 is 0 Å². The first-order valence-electron chi connectivity index (χ1n) is 5.14. The van der Waals surface area contributed by atoms with Crippen LogP contribution in [0.2, 0.25) is 0 Å². The highest BCUT2D eigenvalue weighted by atomic mass is 32.1. The summed E-state index contributed by atoms with van der Waals surface area (Å²) in [5.41, 5.74) is 3.78. The number of ether oxygens (including phenoxy) is 1. The minimum atomic E-state index is 0.869. The Morgan fingerprint density at radius 1 is 1.27 bits per heavy atom. The lowest BCUT2D eigenvalue weighted by Gasteiger charge is -2.11. The molecule has 0 bridgehead atoms. The van der Waals surface area contributed by atoms with Gasteiger partial charge in [-0.3, -0.25) is 0 Å². The molecule has 0 heterocycles. The van der Waals surface area contributed by atoms with Crippen molar-refractivity contribution in [3.63, 3.8) is 0 Å². The monoisotopic (exact) mass is 225 g/mol. The molecule has 0 spiro atoms. The van der Waals surface area contributed by atoms with E-state index >= 15 is 0 Å². The molecule has 0 fully saturated rings. The normalized spacial score (nSPS) is 10.4. The molecule has 0 saturated carbocycles. The number of aryl methyl sites for hydroxylation is 2. The molecule has 1 N–H and O–H groups in total. The van der Waals surface area contributed by atoms with Crippen LogP contribution in [0.5, 0.6) is 5.75 Å². The Morgan fingerprint density at radius 3 is 2.60 bits per heavy atom. The lowest BCUT2D eigenvalue weighted by Crippen LogP contribution is -2.16. The predicted molar refractivity (Wildman–Crippen MR) is 68.0 cm³/mol. The summed E-state index contributed by atoms with van der Waals surface area (Å²) in [7, 11) is 1.71. The van der Waals surface area contributed by atoms with Gasteiger partial charge in [0.1, 0.15) is 5.75 Å². The molecule has 0 saturated heterocycles. The minimum Gasteiger partial charge on any atom is -0.496 e. The van der Waals surface area contributed by atoms with E-state index in [1.54, 1.807) is 7.11 Å². The van der Waals surface area contributed by atoms with E-state index in [2.05, 4.69) is 43.9 Å². The lowest BCUT2D eigenvalue weighted by atomic mass is 10.0. The van der Waals surface area contributed by atoms with Gasteiger partial charge in [-0.15, -0.1) is 0 Å². The van der Waals surface area contributed by atoms with Crippen molar-refractivity contribution >= 4 is 12.6 Å². The molecule has 0 atom stereocenters. The number of thiol groups is 1. The molecule has 0 radical (unpaired) electrons. The fourth-order valence-electron chi connectivity index (χ4n) is 1.56. The summed E-state index contributed by atoms with van der Waals surface area (Å²) in [6.07, 6.45) is 0. The van der Waals surface area contributed by atoms with Gasteiger partial charge in [-0.25, -0.2) is 0 Å². The summed E-state index contributed by atoms with van der Waals surface area (Å²) in [6, 6.07) is 4.27. The molecular weight excluding hydrogens is 206 g/mol. The Morgan fingerprint density at radius 2 is 2.00 bits per heavy atom. The topological polar surface area (TPSA) is 21.3 Å². The van der Waals surface area contributed by atoms with Crippen LogP contribution in [-0.4, -0.2) is 19.4 Å². The smallest absolute Gasteiger partial charge is 0.122 e. The fraction of sp³-hybridized carbons (Fsp3) is 0.500. The first kappa shape index (κ1) is 12.4. The Bertz CT molecular complexity index is 326. The molecular formula is C12H19NOS. The third-order valence-corrected chi connectivity index (χ3v) is 2.68. The lowest BCUT2D eigenvalue weighted by molar-refractivity contribution is 0.411. The van der Waals surface area contributed by atoms with E-state index < -0.39 is 0 Å². The molecule has 0 aromatic heterocycles. The van der Waals surface area contributed by atoms with E-state index in [0.717, 1.165) is 24.6 Å². The molecule has 15 heavy (non-hydrogen) atoms.